The molecule has 0 spiro atoms. The first-order valence-electron chi connectivity index (χ1n) is 5.45. The van der Waals surface area contributed by atoms with Gasteiger partial charge in [0.15, 0.2) is 0 Å². The molecule has 1 heterocycles. The molecule has 19 heavy (non-hydrogen) atoms. The highest BCUT2D eigenvalue weighted by molar-refractivity contribution is 5.73. The van der Waals surface area contributed by atoms with E-state index in [1.165, 1.54) is 6.92 Å². The molecule has 0 saturated carbocycles. The van der Waals surface area contributed by atoms with Gasteiger partial charge in [0, 0.05) is 5.69 Å². The van der Waals surface area contributed by atoms with E-state index in [2.05, 4.69) is 9.72 Å². The molecule has 1 aromatic rings. The van der Waals surface area contributed by atoms with Crippen LogP contribution in [0.5, 0.6) is 0 Å². The molecule has 0 N–H and O–H groups in total. The highest BCUT2D eigenvalue weighted by Crippen LogP contribution is 2.32. The van der Waals surface area contributed by atoms with Crippen molar-refractivity contribution in [2.45, 2.75) is 26.7 Å². The first-order chi connectivity index (χ1) is 8.86. The van der Waals surface area contributed by atoms with Crippen LogP contribution < -0.4 is 0 Å². The number of alkyl halides is 2. The average Bonchev–Trinajstić information content (AvgIpc) is 2.27. The summed E-state index contributed by atoms with van der Waals surface area (Å²) in [7, 11) is 0. The molecule has 0 bridgehead atoms. The van der Waals surface area contributed by atoms with Crippen molar-refractivity contribution in [2.24, 2.45) is 0 Å². The van der Waals surface area contributed by atoms with Gasteiger partial charge in [-0.1, -0.05) is 0 Å². The number of pyridine rings is 1. The number of rotatable bonds is 5. The lowest BCUT2D eigenvalue weighted by Gasteiger charge is -2.08. The topological polar surface area (TPSA) is 82.3 Å². The highest BCUT2D eigenvalue weighted by Gasteiger charge is 2.28. The van der Waals surface area contributed by atoms with E-state index in [9.17, 15) is 23.7 Å². The van der Waals surface area contributed by atoms with Gasteiger partial charge < -0.3 is 4.74 Å². The summed E-state index contributed by atoms with van der Waals surface area (Å²) in [6.07, 6.45) is -3.52. The summed E-state index contributed by atoms with van der Waals surface area (Å²) in [6.45, 7) is 3.09. The lowest BCUT2D eigenvalue weighted by molar-refractivity contribution is -0.387. The molecular weight excluding hydrogens is 262 g/mol. The third-order valence-electron chi connectivity index (χ3n) is 2.26. The summed E-state index contributed by atoms with van der Waals surface area (Å²) < 4.78 is 30.2. The molecule has 0 aliphatic rings. The van der Waals surface area contributed by atoms with Gasteiger partial charge in [-0.15, -0.1) is 0 Å². The van der Waals surface area contributed by atoms with Gasteiger partial charge in [-0.3, -0.25) is 19.9 Å². The van der Waals surface area contributed by atoms with E-state index in [-0.39, 0.29) is 18.0 Å². The normalized spacial score (nSPS) is 10.6. The minimum atomic E-state index is -3.01. The number of halogens is 2. The summed E-state index contributed by atoms with van der Waals surface area (Å²) >= 11 is 0. The molecule has 0 aromatic carbocycles. The Hall–Kier alpha value is -2.12. The van der Waals surface area contributed by atoms with Gasteiger partial charge >= 0.3 is 5.97 Å². The van der Waals surface area contributed by atoms with Gasteiger partial charge in [0.25, 0.3) is 12.1 Å². The van der Waals surface area contributed by atoms with Crippen LogP contribution in [0.1, 0.15) is 30.3 Å². The van der Waals surface area contributed by atoms with Crippen molar-refractivity contribution in [3.63, 3.8) is 0 Å². The Kier molecular flexibility index (Phi) is 4.85. The van der Waals surface area contributed by atoms with Crippen LogP contribution in [0, 0.1) is 17.0 Å². The highest BCUT2D eigenvalue weighted by atomic mass is 19.3. The molecule has 0 amide bonds. The van der Waals surface area contributed by atoms with Crippen LogP contribution in [0.25, 0.3) is 0 Å². The molecular formula is C11H12F2N2O4. The van der Waals surface area contributed by atoms with Crippen LogP contribution >= 0.6 is 0 Å². The van der Waals surface area contributed by atoms with E-state index in [4.69, 9.17) is 0 Å². The Labute approximate surface area is 107 Å². The maximum Gasteiger partial charge on any atom is 0.312 e. The first kappa shape index (κ1) is 14.9. The fraction of sp³-hybridized carbons (Fsp3) is 0.455. The number of nitrogens with zero attached hydrogens (tertiary/aromatic N) is 2. The second kappa shape index (κ2) is 6.17. The van der Waals surface area contributed by atoms with E-state index in [0.717, 1.165) is 6.07 Å². The number of aryl methyl sites for hydroxylation is 1. The maximum absolute atomic E-state index is 12.8. The fourth-order valence-electron chi connectivity index (χ4n) is 1.61. The van der Waals surface area contributed by atoms with Crippen molar-refractivity contribution in [3.8, 4) is 0 Å². The van der Waals surface area contributed by atoms with Gasteiger partial charge in [0.1, 0.15) is 5.69 Å². The summed E-state index contributed by atoms with van der Waals surface area (Å²) in [5, 5.41) is 10.9. The Morgan fingerprint density at radius 3 is 2.68 bits per heavy atom. The summed E-state index contributed by atoms with van der Waals surface area (Å²) in [6, 6.07) is 0.942. The van der Waals surface area contributed by atoms with E-state index >= 15 is 0 Å². The van der Waals surface area contributed by atoms with E-state index < -0.39 is 35.0 Å². The molecule has 0 fully saturated rings. The largest absolute Gasteiger partial charge is 0.466 e. The molecule has 104 valence electrons. The number of hydrogen-bond acceptors (Lipinski definition) is 5. The van der Waals surface area contributed by atoms with E-state index in [1.807, 2.05) is 0 Å². The number of ether oxygens (including phenoxy) is 1. The number of hydrogen-bond donors (Lipinski definition) is 0. The zero-order valence-electron chi connectivity index (χ0n) is 10.4. The zero-order valence-corrected chi connectivity index (χ0v) is 10.4. The monoisotopic (exact) mass is 274 g/mol. The minimum absolute atomic E-state index is 0.0974. The number of nitro groups is 1. The van der Waals surface area contributed by atoms with E-state index in [0.29, 0.717) is 0 Å². The van der Waals surface area contributed by atoms with Crippen LogP contribution in [0.3, 0.4) is 0 Å². The lowest BCUT2D eigenvalue weighted by Crippen LogP contribution is -2.13. The third kappa shape index (κ3) is 3.67. The zero-order chi connectivity index (χ0) is 14.6. The number of carbonyl (C=O) groups is 1. The van der Waals surface area contributed by atoms with Crippen molar-refractivity contribution >= 4 is 11.7 Å². The number of aromatic nitrogens is 1. The second-order valence-corrected chi connectivity index (χ2v) is 3.69. The minimum Gasteiger partial charge on any atom is -0.466 e. The molecule has 0 atom stereocenters. The molecule has 0 saturated heterocycles. The van der Waals surface area contributed by atoms with Crippen molar-refractivity contribution in [2.75, 3.05) is 6.61 Å². The summed E-state index contributed by atoms with van der Waals surface area (Å²) in [5.41, 5.74) is -1.69. The smallest absolute Gasteiger partial charge is 0.312 e. The quantitative estimate of drug-likeness (QED) is 0.467. The van der Waals surface area contributed by atoms with Crippen LogP contribution in [-0.4, -0.2) is 22.5 Å². The predicted molar refractivity (Wildman–Crippen MR) is 60.9 cm³/mol. The molecule has 6 nitrogen and oxygen atoms in total. The Bertz CT molecular complexity index is 506. The molecule has 8 heteroatoms. The second-order valence-electron chi connectivity index (χ2n) is 3.69. The molecule has 0 aliphatic carbocycles. The van der Waals surface area contributed by atoms with Crippen molar-refractivity contribution < 1.29 is 23.2 Å². The van der Waals surface area contributed by atoms with Gasteiger partial charge in [-0.05, 0) is 19.9 Å². The third-order valence-corrected chi connectivity index (χ3v) is 2.26. The molecule has 1 aromatic heterocycles. The fourth-order valence-corrected chi connectivity index (χ4v) is 1.61. The van der Waals surface area contributed by atoms with Crippen molar-refractivity contribution in [1.82, 2.24) is 4.98 Å². The van der Waals surface area contributed by atoms with Gasteiger partial charge in [-0.25, -0.2) is 8.78 Å². The Balaban J connectivity index is 3.28. The van der Waals surface area contributed by atoms with Crippen molar-refractivity contribution in [3.05, 3.63) is 33.1 Å². The lowest BCUT2D eigenvalue weighted by atomic mass is 10.1. The SMILES string of the molecule is CCOC(=O)Cc1nc(C)cc(C(F)F)c1[N+](=O)[O-]. The van der Waals surface area contributed by atoms with Gasteiger partial charge in [0.05, 0.1) is 23.5 Å². The van der Waals surface area contributed by atoms with Gasteiger partial charge in [-0.2, -0.15) is 0 Å². The van der Waals surface area contributed by atoms with Crippen LogP contribution in [0.15, 0.2) is 6.07 Å². The Morgan fingerprint density at radius 1 is 1.58 bits per heavy atom. The molecule has 0 unspecified atom stereocenters. The predicted octanol–water partition coefficient (Wildman–Crippen LogP) is 2.34. The summed E-state index contributed by atoms with van der Waals surface area (Å²) in [5.74, 6) is -0.746. The number of carbonyl (C=O) groups excluding carboxylic acids is 1. The van der Waals surface area contributed by atoms with Gasteiger partial charge in [0.2, 0.25) is 0 Å². The maximum atomic E-state index is 12.8. The van der Waals surface area contributed by atoms with Crippen LogP contribution in [-0.2, 0) is 16.0 Å². The standard InChI is InChI=1S/C11H12F2N2O4/c1-3-19-9(16)5-8-10(15(17)18)7(11(12)13)4-6(2)14-8/h4,11H,3,5H2,1-2H3. The summed E-state index contributed by atoms with van der Waals surface area (Å²) in [4.78, 5) is 25.0. The first-order valence-corrected chi connectivity index (χ1v) is 5.45. The van der Waals surface area contributed by atoms with E-state index in [1.54, 1.807) is 6.92 Å². The molecule has 0 radical (unpaired) electrons. The Morgan fingerprint density at radius 2 is 2.21 bits per heavy atom. The number of esters is 1. The van der Waals surface area contributed by atoms with Crippen molar-refractivity contribution in [1.29, 1.82) is 0 Å². The average molecular weight is 274 g/mol. The molecule has 1 rings (SSSR count). The van der Waals surface area contributed by atoms with Crippen LogP contribution in [0.2, 0.25) is 0 Å². The molecule has 0 aliphatic heterocycles. The van der Waals surface area contributed by atoms with Crippen LogP contribution in [0.4, 0.5) is 14.5 Å².